The van der Waals surface area contributed by atoms with Crippen molar-refractivity contribution in [1.29, 1.82) is 0 Å². The Balaban J connectivity index is 1.73. The van der Waals surface area contributed by atoms with Crippen LogP contribution in [-0.2, 0) is 11.2 Å². The number of fused-ring (bicyclic) bond motifs is 1. The molecule has 0 aromatic heterocycles. The first-order chi connectivity index (χ1) is 12.5. The number of anilines is 2. The van der Waals surface area contributed by atoms with E-state index >= 15 is 0 Å². The van der Waals surface area contributed by atoms with Crippen LogP contribution in [0.5, 0.6) is 11.5 Å². The number of ether oxygens (including phenoxy) is 2. The van der Waals surface area contributed by atoms with Crippen molar-refractivity contribution in [1.82, 2.24) is 0 Å². The molecule has 5 nitrogen and oxygen atoms in total. The van der Waals surface area contributed by atoms with Gasteiger partial charge in [0, 0.05) is 28.8 Å². The summed E-state index contributed by atoms with van der Waals surface area (Å²) < 4.78 is 11.6. The number of halogens is 1. The summed E-state index contributed by atoms with van der Waals surface area (Å²) in [6.07, 6.45) is 1.02. The molecule has 26 heavy (non-hydrogen) atoms. The zero-order valence-electron chi connectivity index (χ0n) is 15.1. The smallest absolute Gasteiger partial charge is 0.246 e. The van der Waals surface area contributed by atoms with E-state index in [9.17, 15) is 4.79 Å². The summed E-state index contributed by atoms with van der Waals surface area (Å²) in [4.78, 5) is 12.5. The third-order valence-corrected chi connectivity index (χ3v) is 4.43. The molecule has 0 bridgehead atoms. The van der Waals surface area contributed by atoms with Gasteiger partial charge in [-0.2, -0.15) is 0 Å². The number of carbonyl (C=O) groups excluding carboxylic acids is 1. The highest BCUT2D eigenvalue weighted by Crippen LogP contribution is 2.38. The number of hydrogen-bond donors (Lipinski definition) is 2. The number of amides is 1. The molecule has 0 saturated heterocycles. The molecule has 138 valence electrons. The fourth-order valence-electron chi connectivity index (χ4n) is 2.91. The largest absolute Gasteiger partial charge is 0.492 e. The molecule has 3 rings (SSSR count). The fourth-order valence-corrected chi connectivity index (χ4v) is 3.04. The molecule has 1 heterocycles. The van der Waals surface area contributed by atoms with E-state index in [0.717, 1.165) is 29.2 Å². The van der Waals surface area contributed by atoms with Crippen LogP contribution in [0.1, 0.15) is 26.3 Å². The van der Waals surface area contributed by atoms with E-state index in [2.05, 4.69) is 10.6 Å². The fraction of sp³-hybridized carbons (Fsp3) is 0.350. The van der Waals surface area contributed by atoms with Gasteiger partial charge in [-0.1, -0.05) is 11.6 Å². The van der Waals surface area contributed by atoms with Crippen molar-refractivity contribution in [2.24, 2.45) is 0 Å². The first kappa shape index (κ1) is 18.4. The molecule has 0 fully saturated rings. The van der Waals surface area contributed by atoms with Gasteiger partial charge in [-0.15, -0.1) is 0 Å². The van der Waals surface area contributed by atoms with Crippen LogP contribution in [0.25, 0.3) is 0 Å². The lowest BCUT2D eigenvalue weighted by Gasteiger charge is -2.19. The van der Waals surface area contributed by atoms with Gasteiger partial charge >= 0.3 is 0 Å². The lowest BCUT2D eigenvalue weighted by atomic mass is 10.1. The lowest BCUT2D eigenvalue weighted by Crippen LogP contribution is -2.32. The van der Waals surface area contributed by atoms with Crippen molar-refractivity contribution in [3.8, 4) is 11.5 Å². The van der Waals surface area contributed by atoms with Crippen molar-refractivity contribution in [3.05, 3.63) is 47.0 Å². The van der Waals surface area contributed by atoms with Crippen molar-refractivity contribution in [3.63, 3.8) is 0 Å². The van der Waals surface area contributed by atoms with E-state index in [1.165, 1.54) is 0 Å². The predicted molar refractivity (Wildman–Crippen MR) is 105 cm³/mol. The van der Waals surface area contributed by atoms with Gasteiger partial charge < -0.3 is 20.1 Å². The van der Waals surface area contributed by atoms with Crippen LogP contribution < -0.4 is 20.1 Å². The van der Waals surface area contributed by atoms with Gasteiger partial charge in [0.2, 0.25) is 5.91 Å². The Hall–Kier alpha value is -2.40. The monoisotopic (exact) mass is 374 g/mol. The Morgan fingerprint density at radius 3 is 2.77 bits per heavy atom. The van der Waals surface area contributed by atoms with Gasteiger partial charge in [0.15, 0.2) is 0 Å². The van der Waals surface area contributed by atoms with E-state index in [4.69, 9.17) is 21.1 Å². The van der Waals surface area contributed by atoms with Gasteiger partial charge in [-0.3, -0.25) is 4.79 Å². The normalized spacial score (nSPS) is 16.4. The molecule has 2 aromatic carbocycles. The topological polar surface area (TPSA) is 59.6 Å². The zero-order valence-corrected chi connectivity index (χ0v) is 15.9. The second-order valence-electron chi connectivity index (χ2n) is 6.38. The zero-order chi connectivity index (χ0) is 18.7. The second kappa shape index (κ2) is 7.87. The number of benzene rings is 2. The summed E-state index contributed by atoms with van der Waals surface area (Å²) in [6.45, 7) is 6.33. The molecule has 0 radical (unpaired) electrons. The van der Waals surface area contributed by atoms with Crippen LogP contribution in [-0.4, -0.2) is 24.7 Å². The van der Waals surface area contributed by atoms with Crippen LogP contribution in [0.2, 0.25) is 5.02 Å². The molecular formula is C20H23ClN2O3. The summed E-state index contributed by atoms with van der Waals surface area (Å²) in [6, 6.07) is 10.5. The molecule has 1 aliphatic heterocycles. The second-order valence-corrected chi connectivity index (χ2v) is 6.82. The van der Waals surface area contributed by atoms with Crippen LogP contribution >= 0.6 is 11.6 Å². The molecule has 6 heteroatoms. The van der Waals surface area contributed by atoms with Gasteiger partial charge in [-0.25, -0.2) is 0 Å². The van der Waals surface area contributed by atoms with E-state index in [0.29, 0.717) is 17.3 Å². The van der Waals surface area contributed by atoms with Crippen molar-refractivity contribution >= 4 is 28.9 Å². The summed E-state index contributed by atoms with van der Waals surface area (Å²) in [5, 5.41) is 6.72. The van der Waals surface area contributed by atoms with Crippen molar-refractivity contribution in [2.45, 2.75) is 39.3 Å². The maximum Gasteiger partial charge on any atom is 0.246 e. The quantitative estimate of drug-likeness (QED) is 0.781. The first-order valence-corrected chi connectivity index (χ1v) is 9.13. The lowest BCUT2D eigenvalue weighted by molar-refractivity contribution is -0.116. The standard InChI is InChI=1S/C20H23ClN2O3/c1-4-25-19-10-14-9-12(2)26-18(14)11-17(19)22-13(3)20(24)23-16-7-5-15(21)6-8-16/h5-8,10-13,22H,4,9H2,1-3H3,(H,23,24). The molecule has 2 N–H and O–H groups in total. The van der Waals surface area contributed by atoms with Gasteiger partial charge in [-0.05, 0) is 51.1 Å². The van der Waals surface area contributed by atoms with Crippen LogP contribution in [0.3, 0.4) is 0 Å². The number of rotatable bonds is 6. The molecule has 0 spiro atoms. The Bertz CT molecular complexity index is 792. The maximum atomic E-state index is 12.5. The predicted octanol–water partition coefficient (Wildman–Crippen LogP) is 4.50. The van der Waals surface area contributed by atoms with Crippen LogP contribution in [0.15, 0.2) is 36.4 Å². The number of carbonyl (C=O) groups is 1. The summed E-state index contributed by atoms with van der Waals surface area (Å²) >= 11 is 5.87. The molecule has 0 aliphatic carbocycles. The molecule has 2 atom stereocenters. The Kier molecular flexibility index (Phi) is 5.57. The first-order valence-electron chi connectivity index (χ1n) is 8.75. The minimum atomic E-state index is -0.457. The number of hydrogen-bond acceptors (Lipinski definition) is 4. The Labute approximate surface area is 158 Å². The Morgan fingerprint density at radius 1 is 1.35 bits per heavy atom. The molecular weight excluding hydrogens is 352 g/mol. The third kappa shape index (κ3) is 4.22. The molecule has 0 saturated carbocycles. The van der Waals surface area contributed by atoms with E-state index in [-0.39, 0.29) is 12.0 Å². The third-order valence-electron chi connectivity index (χ3n) is 4.18. The van der Waals surface area contributed by atoms with Crippen LogP contribution in [0.4, 0.5) is 11.4 Å². The average Bonchev–Trinajstić information content (AvgIpc) is 2.96. The minimum absolute atomic E-state index is 0.149. The van der Waals surface area contributed by atoms with E-state index in [1.54, 1.807) is 31.2 Å². The van der Waals surface area contributed by atoms with E-state index < -0.39 is 6.04 Å². The van der Waals surface area contributed by atoms with Crippen molar-refractivity contribution in [2.75, 3.05) is 17.2 Å². The molecule has 1 amide bonds. The van der Waals surface area contributed by atoms with Gasteiger partial charge in [0.1, 0.15) is 23.6 Å². The highest BCUT2D eigenvalue weighted by Gasteiger charge is 2.23. The highest BCUT2D eigenvalue weighted by atomic mass is 35.5. The molecule has 2 unspecified atom stereocenters. The Morgan fingerprint density at radius 2 is 2.08 bits per heavy atom. The maximum absolute atomic E-state index is 12.5. The summed E-state index contributed by atoms with van der Waals surface area (Å²) in [7, 11) is 0. The summed E-state index contributed by atoms with van der Waals surface area (Å²) in [5.41, 5.74) is 2.58. The van der Waals surface area contributed by atoms with Crippen molar-refractivity contribution < 1.29 is 14.3 Å². The SMILES string of the molecule is CCOc1cc2c(cc1NC(C)C(=O)Nc1ccc(Cl)cc1)OC(C)C2. The molecule has 1 aliphatic rings. The average molecular weight is 375 g/mol. The van der Waals surface area contributed by atoms with Gasteiger partial charge in [0.25, 0.3) is 0 Å². The van der Waals surface area contributed by atoms with E-state index in [1.807, 2.05) is 26.0 Å². The molecule has 2 aromatic rings. The summed E-state index contributed by atoms with van der Waals surface area (Å²) in [5.74, 6) is 1.42. The van der Waals surface area contributed by atoms with Gasteiger partial charge in [0.05, 0.1) is 12.3 Å². The minimum Gasteiger partial charge on any atom is -0.492 e. The van der Waals surface area contributed by atoms with Crippen LogP contribution in [0, 0.1) is 0 Å². The number of nitrogens with one attached hydrogen (secondary N) is 2. The highest BCUT2D eigenvalue weighted by molar-refractivity contribution is 6.30.